The topological polar surface area (TPSA) is 68.5 Å². The van der Waals surface area contributed by atoms with Crippen LogP contribution in [-0.4, -0.2) is 42.6 Å². The summed E-state index contributed by atoms with van der Waals surface area (Å²) < 4.78 is 5.34. The van der Waals surface area contributed by atoms with Crippen molar-refractivity contribution in [3.8, 4) is 0 Å². The molecule has 0 saturated carbocycles. The number of aryl methyl sites for hydroxylation is 1. The molecule has 2 N–H and O–H groups in total. The first-order valence-corrected chi connectivity index (χ1v) is 7.34. The molecule has 0 atom stereocenters. The molecule has 0 aromatic carbocycles. The molecule has 0 radical (unpaired) electrons. The summed E-state index contributed by atoms with van der Waals surface area (Å²) in [5, 5.41) is 1.02. The van der Waals surface area contributed by atoms with E-state index >= 15 is 0 Å². The fourth-order valence-corrected chi connectivity index (χ4v) is 3.30. The van der Waals surface area contributed by atoms with Gasteiger partial charge in [-0.3, -0.25) is 4.79 Å². The van der Waals surface area contributed by atoms with Gasteiger partial charge in [0.2, 0.25) is 5.91 Å². The second kappa shape index (κ2) is 5.98. The zero-order valence-electron chi connectivity index (χ0n) is 11.5. The summed E-state index contributed by atoms with van der Waals surface area (Å²) in [7, 11) is 1.84. The Bertz CT molecular complexity index is 441. The second-order valence-corrected chi connectivity index (χ2v) is 6.42. The lowest BCUT2D eigenvalue weighted by Crippen LogP contribution is -2.49. The van der Waals surface area contributed by atoms with Gasteiger partial charge in [-0.1, -0.05) is 0 Å². The Kier molecular flexibility index (Phi) is 4.54. The average molecular weight is 283 g/mol. The maximum absolute atomic E-state index is 12.6. The second-order valence-electron chi connectivity index (χ2n) is 5.10. The first-order chi connectivity index (χ1) is 9.07. The summed E-state index contributed by atoms with van der Waals surface area (Å²) in [6.45, 7) is 4.21. The molecule has 2 rings (SSSR count). The molecule has 1 amide bonds. The van der Waals surface area contributed by atoms with E-state index in [2.05, 4.69) is 4.98 Å². The fourth-order valence-electron chi connectivity index (χ4n) is 2.46. The minimum Gasteiger partial charge on any atom is -0.381 e. The van der Waals surface area contributed by atoms with Gasteiger partial charge in [-0.05, 0) is 19.8 Å². The molecule has 5 nitrogen and oxygen atoms in total. The molecule has 1 aromatic rings. The summed E-state index contributed by atoms with van der Waals surface area (Å²) in [5.74, 6) is 0.129. The van der Waals surface area contributed by atoms with Crippen LogP contribution in [0.3, 0.4) is 0 Å². The van der Waals surface area contributed by atoms with Gasteiger partial charge < -0.3 is 15.4 Å². The number of hydrogen-bond donors (Lipinski definition) is 1. The Balaban J connectivity index is 2.04. The maximum Gasteiger partial charge on any atom is 0.230 e. The van der Waals surface area contributed by atoms with Crippen molar-refractivity contribution in [3.63, 3.8) is 0 Å². The average Bonchev–Trinajstić information content (AvgIpc) is 2.84. The van der Waals surface area contributed by atoms with Crippen LogP contribution in [0.4, 0.5) is 0 Å². The summed E-state index contributed by atoms with van der Waals surface area (Å²) >= 11 is 1.63. The lowest BCUT2D eigenvalue weighted by molar-refractivity contribution is -0.146. The van der Waals surface area contributed by atoms with E-state index in [1.54, 1.807) is 16.2 Å². The first-order valence-electron chi connectivity index (χ1n) is 6.52. The summed E-state index contributed by atoms with van der Waals surface area (Å²) in [4.78, 5) is 19.7. The highest BCUT2D eigenvalue weighted by atomic mass is 32.1. The van der Waals surface area contributed by atoms with Crippen molar-refractivity contribution in [1.82, 2.24) is 9.88 Å². The lowest BCUT2D eigenvalue weighted by Gasteiger charge is -2.37. The van der Waals surface area contributed by atoms with Gasteiger partial charge in [0.05, 0.1) is 17.0 Å². The Hall–Kier alpha value is -0.980. The summed E-state index contributed by atoms with van der Waals surface area (Å²) in [6.07, 6.45) is 3.27. The Morgan fingerprint density at radius 1 is 1.58 bits per heavy atom. The highest BCUT2D eigenvalue weighted by Gasteiger charge is 2.40. The van der Waals surface area contributed by atoms with E-state index in [4.69, 9.17) is 10.5 Å². The summed E-state index contributed by atoms with van der Waals surface area (Å²) in [5.41, 5.74) is 5.42. The van der Waals surface area contributed by atoms with E-state index in [1.165, 1.54) is 0 Å². The molecule has 1 aromatic heterocycles. The van der Waals surface area contributed by atoms with Crippen molar-refractivity contribution in [2.75, 3.05) is 26.8 Å². The van der Waals surface area contributed by atoms with Gasteiger partial charge in [-0.15, -0.1) is 11.3 Å². The molecule has 19 heavy (non-hydrogen) atoms. The third kappa shape index (κ3) is 3.13. The zero-order chi connectivity index (χ0) is 13.9. The van der Waals surface area contributed by atoms with Gasteiger partial charge in [0.1, 0.15) is 0 Å². The van der Waals surface area contributed by atoms with Gasteiger partial charge in [-0.25, -0.2) is 4.98 Å². The minimum absolute atomic E-state index is 0.129. The number of thiazole rings is 1. The number of carbonyl (C=O) groups excluding carboxylic acids is 1. The Morgan fingerprint density at radius 3 is 2.79 bits per heavy atom. The van der Waals surface area contributed by atoms with E-state index in [-0.39, 0.29) is 5.91 Å². The molecule has 1 aliphatic rings. The SMILES string of the molecule is Cc1ncc(CN(C)C(=O)C2(CN)CCOCC2)s1. The maximum atomic E-state index is 12.6. The predicted molar refractivity (Wildman–Crippen MR) is 74.9 cm³/mol. The van der Waals surface area contributed by atoms with Crippen LogP contribution < -0.4 is 5.73 Å². The molecule has 0 aliphatic carbocycles. The van der Waals surface area contributed by atoms with Gasteiger partial charge in [0.15, 0.2) is 0 Å². The van der Waals surface area contributed by atoms with Crippen LogP contribution in [0, 0.1) is 12.3 Å². The molecule has 0 unspecified atom stereocenters. The number of carbonyl (C=O) groups is 1. The van der Waals surface area contributed by atoms with Crippen LogP contribution >= 0.6 is 11.3 Å². The van der Waals surface area contributed by atoms with E-state index in [9.17, 15) is 4.79 Å². The summed E-state index contributed by atoms with van der Waals surface area (Å²) in [6, 6.07) is 0. The highest BCUT2D eigenvalue weighted by molar-refractivity contribution is 7.11. The quantitative estimate of drug-likeness (QED) is 0.900. The minimum atomic E-state index is -0.438. The smallest absolute Gasteiger partial charge is 0.230 e. The van der Waals surface area contributed by atoms with E-state index < -0.39 is 5.41 Å². The van der Waals surface area contributed by atoms with E-state index in [1.807, 2.05) is 20.2 Å². The molecule has 2 heterocycles. The number of nitrogens with zero attached hydrogens (tertiary/aromatic N) is 2. The standard InChI is InChI=1S/C13H21N3O2S/c1-10-15-7-11(19-10)8-16(2)12(17)13(9-14)3-5-18-6-4-13/h7H,3-6,8-9,14H2,1-2H3. The molecule has 1 saturated heterocycles. The first kappa shape index (κ1) is 14.4. The van der Waals surface area contributed by atoms with Crippen LogP contribution in [0.5, 0.6) is 0 Å². The van der Waals surface area contributed by atoms with Crippen molar-refractivity contribution in [2.24, 2.45) is 11.1 Å². The fraction of sp³-hybridized carbons (Fsp3) is 0.692. The predicted octanol–water partition coefficient (Wildman–Crippen LogP) is 1.17. The van der Waals surface area contributed by atoms with Gasteiger partial charge >= 0.3 is 0 Å². The van der Waals surface area contributed by atoms with Gasteiger partial charge in [0, 0.05) is 37.9 Å². The van der Waals surface area contributed by atoms with Gasteiger partial charge in [0.25, 0.3) is 0 Å². The molecule has 6 heteroatoms. The third-order valence-corrected chi connectivity index (χ3v) is 4.60. The number of nitrogens with two attached hydrogens (primary N) is 1. The molecular formula is C13H21N3O2S. The highest BCUT2D eigenvalue weighted by Crippen LogP contribution is 2.32. The van der Waals surface area contributed by atoms with Crippen molar-refractivity contribution in [1.29, 1.82) is 0 Å². The lowest BCUT2D eigenvalue weighted by atomic mass is 9.79. The van der Waals surface area contributed by atoms with Crippen LogP contribution in [0.1, 0.15) is 22.7 Å². The zero-order valence-corrected chi connectivity index (χ0v) is 12.3. The Morgan fingerprint density at radius 2 is 2.26 bits per heavy atom. The monoisotopic (exact) mass is 283 g/mol. The number of hydrogen-bond acceptors (Lipinski definition) is 5. The molecule has 1 fully saturated rings. The number of aromatic nitrogens is 1. The van der Waals surface area contributed by atoms with Crippen LogP contribution in [-0.2, 0) is 16.1 Å². The number of amides is 1. The molecule has 1 aliphatic heterocycles. The van der Waals surface area contributed by atoms with Crippen molar-refractivity contribution >= 4 is 17.2 Å². The van der Waals surface area contributed by atoms with Crippen LogP contribution in [0.15, 0.2) is 6.20 Å². The van der Waals surface area contributed by atoms with Crippen molar-refractivity contribution in [3.05, 3.63) is 16.1 Å². The molecule has 106 valence electrons. The molecule has 0 bridgehead atoms. The number of ether oxygens (including phenoxy) is 1. The third-order valence-electron chi connectivity index (χ3n) is 3.70. The normalized spacial score (nSPS) is 18.3. The largest absolute Gasteiger partial charge is 0.381 e. The molecule has 0 spiro atoms. The van der Waals surface area contributed by atoms with E-state index in [0.717, 1.165) is 9.88 Å². The van der Waals surface area contributed by atoms with Crippen molar-refractivity contribution in [2.45, 2.75) is 26.3 Å². The van der Waals surface area contributed by atoms with Crippen LogP contribution in [0.2, 0.25) is 0 Å². The number of rotatable bonds is 4. The van der Waals surface area contributed by atoms with Crippen molar-refractivity contribution < 1.29 is 9.53 Å². The van der Waals surface area contributed by atoms with E-state index in [0.29, 0.717) is 39.1 Å². The van der Waals surface area contributed by atoms with Crippen LogP contribution in [0.25, 0.3) is 0 Å². The van der Waals surface area contributed by atoms with Gasteiger partial charge in [-0.2, -0.15) is 0 Å². The molecular weight excluding hydrogens is 262 g/mol. The Labute approximate surface area is 117 Å².